The van der Waals surface area contributed by atoms with Crippen LogP contribution >= 0.6 is 0 Å². The van der Waals surface area contributed by atoms with E-state index in [9.17, 15) is 19.8 Å². The first-order valence-electron chi connectivity index (χ1n) is 12.9. The molecule has 1 unspecified atom stereocenters. The van der Waals surface area contributed by atoms with Crippen molar-refractivity contribution in [1.82, 2.24) is 9.80 Å². The van der Waals surface area contributed by atoms with Gasteiger partial charge in [-0.1, -0.05) is 35.9 Å². The number of benzene rings is 3. The van der Waals surface area contributed by atoms with Crippen molar-refractivity contribution in [2.45, 2.75) is 26.5 Å². The summed E-state index contributed by atoms with van der Waals surface area (Å²) in [5.41, 5.74) is 3.11. The van der Waals surface area contributed by atoms with E-state index in [0.29, 0.717) is 36.6 Å². The molecule has 1 atom stereocenters. The normalized spacial score (nSPS) is 16.6. The number of likely N-dealkylation sites (N-methyl/N-ethyl adjacent to an activating group) is 1. The zero-order valence-corrected chi connectivity index (χ0v) is 22.7. The van der Waals surface area contributed by atoms with Crippen molar-refractivity contribution in [1.29, 1.82) is 0 Å². The van der Waals surface area contributed by atoms with Crippen molar-refractivity contribution in [3.63, 3.8) is 0 Å². The number of rotatable bonds is 10. The van der Waals surface area contributed by atoms with Crippen LogP contribution < -0.4 is 9.47 Å². The molecule has 3 aromatic rings. The van der Waals surface area contributed by atoms with Crippen molar-refractivity contribution in [2.75, 3.05) is 33.8 Å². The second-order valence-electron chi connectivity index (χ2n) is 9.76. The van der Waals surface area contributed by atoms with Crippen molar-refractivity contribution in [3.05, 3.63) is 94.6 Å². The van der Waals surface area contributed by atoms with Crippen LogP contribution in [0.2, 0.25) is 0 Å². The zero-order valence-electron chi connectivity index (χ0n) is 22.7. The lowest BCUT2D eigenvalue weighted by atomic mass is 9.95. The molecule has 8 nitrogen and oxygen atoms in total. The average Bonchev–Trinajstić information content (AvgIpc) is 3.17. The third-order valence-corrected chi connectivity index (χ3v) is 6.54. The maximum absolute atomic E-state index is 13.3. The topological polar surface area (TPSA) is 99.5 Å². The number of amides is 1. The first-order valence-corrected chi connectivity index (χ1v) is 12.9. The molecule has 1 amide bonds. The van der Waals surface area contributed by atoms with E-state index < -0.39 is 17.7 Å². The molecule has 0 bridgehead atoms. The van der Waals surface area contributed by atoms with E-state index in [4.69, 9.17) is 9.47 Å². The number of phenolic OH excluding ortho intramolecular Hbond substituents is 1. The number of ether oxygens (including phenoxy) is 2. The van der Waals surface area contributed by atoms with Gasteiger partial charge in [0.15, 0.2) is 11.5 Å². The van der Waals surface area contributed by atoms with Gasteiger partial charge in [-0.25, -0.2) is 0 Å². The number of Topliss-reactive ketones (excluding diaryl/α,β-unsaturated/α-hetero) is 1. The second-order valence-corrected chi connectivity index (χ2v) is 9.76. The number of aliphatic hydroxyl groups is 1. The van der Waals surface area contributed by atoms with Crippen LogP contribution in [-0.2, 0) is 16.2 Å². The summed E-state index contributed by atoms with van der Waals surface area (Å²) in [6.07, 6.45) is 0. The Morgan fingerprint density at radius 3 is 2.41 bits per heavy atom. The van der Waals surface area contributed by atoms with Gasteiger partial charge in [0.2, 0.25) is 0 Å². The van der Waals surface area contributed by atoms with Crippen molar-refractivity contribution >= 4 is 17.4 Å². The largest absolute Gasteiger partial charge is 0.507 e. The molecule has 0 saturated carbocycles. The van der Waals surface area contributed by atoms with Gasteiger partial charge in [-0.3, -0.25) is 9.59 Å². The van der Waals surface area contributed by atoms with Crippen LogP contribution in [0.1, 0.15) is 35.2 Å². The van der Waals surface area contributed by atoms with Gasteiger partial charge in [0.1, 0.15) is 18.1 Å². The van der Waals surface area contributed by atoms with Gasteiger partial charge in [-0.05, 0) is 75.5 Å². The maximum Gasteiger partial charge on any atom is 0.295 e. The fraction of sp³-hybridized carbons (Fsp3) is 0.290. The third kappa shape index (κ3) is 6.23. The highest BCUT2D eigenvalue weighted by Gasteiger charge is 2.46. The first-order chi connectivity index (χ1) is 18.7. The highest BCUT2D eigenvalue weighted by atomic mass is 16.5. The minimum Gasteiger partial charge on any atom is -0.507 e. The Labute approximate surface area is 228 Å². The monoisotopic (exact) mass is 530 g/mol. The van der Waals surface area contributed by atoms with Crippen molar-refractivity contribution < 1.29 is 29.3 Å². The Morgan fingerprint density at radius 2 is 1.74 bits per heavy atom. The fourth-order valence-corrected chi connectivity index (χ4v) is 4.57. The Kier molecular flexibility index (Phi) is 8.56. The van der Waals surface area contributed by atoms with E-state index >= 15 is 0 Å². The summed E-state index contributed by atoms with van der Waals surface area (Å²) in [4.78, 5) is 29.8. The summed E-state index contributed by atoms with van der Waals surface area (Å²) in [5.74, 6) is -0.928. The molecule has 0 aliphatic carbocycles. The van der Waals surface area contributed by atoms with E-state index in [2.05, 4.69) is 6.07 Å². The molecular formula is C31H34N2O6. The standard InChI is InChI=1S/C31H34N2O6/c1-5-38-26-18-23(11-14-25(26)34)28-27(30(36)31(37)33(28)16-15-32(3)4)29(35)22-9-12-24(13-10-22)39-19-21-8-6-7-20(2)17-21/h6-14,17-18,28,34-35H,5,15-16,19H2,1-4H3/b29-27-. The van der Waals surface area contributed by atoms with Gasteiger partial charge in [0, 0.05) is 18.7 Å². The number of likely N-dealkylation sites (tertiary alicyclic amines) is 1. The number of carbonyl (C=O) groups excluding carboxylic acids is 2. The van der Waals surface area contributed by atoms with Crippen LogP contribution in [-0.4, -0.2) is 65.5 Å². The van der Waals surface area contributed by atoms with Crippen LogP contribution in [0.4, 0.5) is 0 Å². The van der Waals surface area contributed by atoms with E-state index in [1.807, 2.05) is 44.1 Å². The molecule has 1 saturated heterocycles. The molecule has 39 heavy (non-hydrogen) atoms. The third-order valence-electron chi connectivity index (χ3n) is 6.54. The number of ketones is 1. The van der Waals surface area contributed by atoms with Crippen LogP contribution in [0.5, 0.6) is 17.2 Å². The summed E-state index contributed by atoms with van der Waals surface area (Å²) in [5, 5.41) is 21.6. The SMILES string of the molecule is CCOc1cc(C2/C(=C(/O)c3ccc(OCc4cccc(C)c4)cc3)C(=O)C(=O)N2CCN(C)C)ccc1O. The van der Waals surface area contributed by atoms with E-state index in [1.54, 1.807) is 43.3 Å². The van der Waals surface area contributed by atoms with Gasteiger partial charge >= 0.3 is 0 Å². The molecule has 4 rings (SSSR count). The molecule has 8 heteroatoms. The summed E-state index contributed by atoms with van der Waals surface area (Å²) < 4.78 is 11.4. The minimum absolute atomic E-state index is 0.0136. The molecule has 0 radical (unpaired) electrons. The number of aromatic hydroxyl groups is 1. The number of phenols is 1. The van der Waals surface area contributed by atoms with Gasteiger partial charge in [0.25, 0.3) is 11.7 Å². The smallest absolute Gasteiger partial charge is 0.295 e. The van der Waals surface area contributed by atoms with E-state index in [-0.39, 0.29) is 29.4 Å². The van der Waals surface area contributed by atoms with Gasteiger partial charge in [-0.2, -0.15) is 0 Å². The van der Waals surface area contributed by atoms with Gasteiger partial charge in [0.05, 0.1) is 18.2 Å². The van der Waals surface area contributed by atoms with Gasteiger partial charge < -0.3 is 29.5 Å². The number of carbonyl (C=O) groups is 2. The molecule has 2 N–H and O–H groups in total. The Balaban J connectivity index is 1.68. The maximum atomic E-state index is 13.3. The predicted octanol–water partition coefficient (Wildman–Crippen LogP) is 4.66. The predicted molar refractivity (Wildman–Crippen MR) is 149 cm³/mol. The van der Waals surface area contributed by atoms with Crippen molar-refractivity contribution in [2.24, 2.45) is 0 Å². The van der Waals surface area contributed by atoms with Crippen molar-refractivity contribution in [3.8, 4) is 17.2 Å². The summed E-state index contributed by atoms with van der Waals surface area (Å²) in [7, 11) is 3.75. The highest BCUT2D eigenvalue weighted by molar-refractivity contribution is 6.46. The van der Waals surface area contributed by atoms with Crippen LogP contribution in [0, 0.1) is 6.92 Å². The molecule has 1 fully saturated rings. The Morgan fingerprint density at radius 1 is 1.00 bits per heavy atom. The van der Waals surface area contributed by atoms with Crippen LogP contribution in [0.3, 0.4) is 0 Å². The lowest BCUT2D eigenvalue weighted by molar-refractivity contribution is -0.140. The van der Waals surface area contributed by atoms with E-state index in [1.165, 1.54) is 11.0 Å². The first kappa shape index (κ1) is 27.7. The van der Waals surface area contributed by atoms with Crippen LogP contribution in [0.15, 0.2) is 72.3 Å². The molecule has 3 aromatic carbocycles. The summed E-state index contributed by atoms with van der Waals surface area (Å²) >= 11 is 0. The molecule has 0 aromatic heterocycles. The fourth-order valence-electron chi connectivity index (χ4n) is 4.57. The van der Waals surface area contributed by atoms with E-state index in [0.717, 1.165) is 11.1 Å². The zero-order chi connectivity index (χ0) is 28.1. The molecule has 0 spiro atoms. The quantitative estimate of drug-likeness (QED) is 0.223. The molecule has 1 aliphatic heterocycles. The number of aliphatic hydroxyl groups excluding tert-OH is 1. The molecule has 1 aliphatic rings. The van der Waals surface area contributed by atoms with Crippen LogP contribution in [0.25, 0.3) is 5.76 Å². The molecular weight excluding hydrogens is 496 g/mol. The molecule has 1 heterocycles. The second kappa shape index (κ2) is 12.0. The minimum atomic E-state index is -0.845. The molecule has 204 valence electrons. The number of hydrogen-bond donors (Lipinski definition) is 2. The average molecular weight is 531 g/mol. The number of aryl methyl sites for hydroxylation is 1. The lowest BCUT2D eigenvalue weighted by Gasteiger charge is -2.27. The summed E-state index contributed by atoms with van der Waals surface area (Å²) in [6.45, 7) is 5.34. The highest BCUT2D eigenvalue weighted by Crippen LogP contribution is 2.41. The summed E-state index contributed by atoms with van der Waals surface area (Å²) in [6, 6.07) is 18.7. The Hall–Kier alpha value is -4.30. The lowest BCUT2D eigenvalue weighted by Crippen LogP contribution is -2.35. The van der Waals surface area contributed by atoms with Gasteiger partial charge in [-0.15, -0.1) is 0 Å². The number of nitrogens with zero attached hydrogens (tertiary/aromatic N) is 2. The Bertz CT molecular complexity index is 1380. The number of hydrogen-bond acceptors (Lipinski definition) is 7.